The van der Waals surface area contributed by atoms with Gasteiger partial charge in [0.15, 0.2) is 11.5 Å². The molecule has 0 spiro atoms. The van der Waals surface area contributed by atoms with Crippen LogP contribution in [0.5, 0.6) is 11.5 Å². The van der Waals surface area contributed by atoms with Crippen LogP contribution in [0.3, 0.4) is 0 Å². The van der Waals surface area contributed by atoms with Crippen LogP contribution in [0.4, 0.5) is 17.1 Å². The summed E-state index contributed by atoms with van der Waals surface area (Å²) in [7, 11) is 0. The van der Waals surface area contributed by atoms with Crippen LogP contribution < -0.4 is 25.0 Å². The molecule has 6 rings (SSSR count). The summed E-state index contributed by atoms with van der Waals surface area (Å²) < 4.78 is 16.5. The molecule has 0 aliphatic carbocycles. The lowest BCUT2D eigenvalue weighted by Crippen LogP contribution is -2.28. The van der Waals surface area contributed by atoms with Crippen molar-refractivity contribution in [3.8, 4) is 11.5 Å². The molecule has 36 heavy (non-hydrogen) atoms. The number of para-hydroxylation sites is 2. The van der Waals surface area contributed by atoms with Crippen LogP contribution in [0.15, 0.2) is 77.2 Å². The van der Waals surface area contributed by atoms with Gasteiger partial charge in [-0.25, -0.2) is 0 Å². The van der Waals surface area contributed by atoms with E-state index < -0.39 is 11.8 Å². The van der Waals surface area contributed by atoms with Gasteiger partial charge in [0, 0.05) is 35.8 Å². The summed E-state index contributed by atoms with van der Waals surface area (Å²) in [5.41, 5.74) is 1.95. The Balaban J connectivity index is 1.25. The van der Waals surface area contributed by atoms with E-state index in [2.05, 4.69) is 10.6 Å². The molecule has 2 aliphatic rings. The lowest BCUT2D eigenvalue weighted by Gasteiger charge is -2.16. The molecule has 3 aromatic carbocycles. The number of carbonyl (C=O) groups excluding carboxylic acids is 3. The van der Waals surface area contributed by atoms with Crippen molar-refractivity contribution in [3.05, 3.63) is 78.6 Å². The van der Waals surface area contributed by atoms with Crippen LogP contribution in [-0.2, 0) is 9.59 Å². The Kier molecular flexibility index (Phi) is 5.29. The van der Waals surface area contributed by atoms with Crippen LogP contribution >= 0.6 is 0 Å². The molecule has 1 fully saturated rings. The molecule has 9 heteroatoms. The van der Waals surface area contributed by atoms with Gasteiger partial charge in [0.25, 0.3) is 5.91 Å². The number of nitrogens with zero attached hydrogens (tertiary/aromatic N) is 1. The smallest absolute Gasteiger partial charge is 0.293 e. The molecule has 1 atom stereocenters. The molecule has 3 heterocycles. The topological polar surface area (TPSA) is 110 Å². The second-order valence-electron chi connectivity index (χ2n) is 8.55. The number of amides is 3. The Labute approximate surface area is 205 Å². The van der Waals surface area contributed by atoms with Crippen molar-refractivity contribution >= 4 is 45.8 Å². The number of hydrogen-bond acceptors (Lipinski definition) is 6. The van der Waals surface area contributed by atoms with E-state index in [9.17, 15) is 14.4 Å². The Morgan fingerprint density at radius 1 is 0.889 bits per heavy atom. The third kappa shape index (κ3) is 3.90. The van der Waals surface area contributed by atoms with Crippen LogP contribution in [0.25, 0.3) is 11.0 Å². The van der Waals surface area contributed by atoms with Crippen molar-refractivity contribution in [2.45, 2.75) is 6.42 Å². The predicted molar refractivity (Wildman–Crippen MR) is 132 cm³/mol. The molecular formula is C27H21N3O6. The van der Waals surface area contributed by atoms with Gasteiger partial charge in [-0.1, -0.05) is 30.3 Å². The van der Waals surface area contributed by atoms with Crippen LogP contribution in [0.1, 0.15) is 17.0 Å². The lowest BCUT2D eigenvalue weighted by atomic mass is 10.1. The van der Waals surface area contributed by atoms with E-state index in [1.54, 1.807) is 47.4 Å². The Morgan fingerprint density at radius 2 is 1.67 bits per heavy atom. The van der Waals surface area contributed by atoms with Crippen molar-refractivity contribution in [2.24, 2.45) is 5.92 Å². The average Bonchev–Trinajstić information content (AvgIpc) is 3.61. The van der Waals surface area contributed by atoms with Gasteiger partial charge in [0.05, 0.1) is 5.92 Å². The maximum Gasteiger partial charge on any atom is 0.293 e. The number of benzene rings is 3. The highest BCUT2D eigenvalue weighted by Gasteiger charge is 2.36. The predicted octanol–water partition coefficient (Wildman–Crippen LogP) is 4.41. The average molecular weight is 483 g/mol. The van der Waals surface area contributed by atoms with Gasteiger partial charge in [-0.2, -0.15) is 0 Å². The number of furan rings is 1. The van der Waals surface area contributed by atoms with E-state index in [0.717, 1.165) is 5.69 Å². The van der Waals surface area contributed by atoms with E-state index in [-0.39, 0.29) is 43.0 Å². The fraction of sp³-hybridized carbons (Fsp3) is 0.148. The fourth-order valence-electron chi connectivity index (χ4n) is 4.46. The molecule has 1 aromatic heterocycles. The van der Waals surface area contributed by atoms with Crippen molar-refractivity contribution < 1.29 is 28.3 Å². The van der Waals surface area contributed by atoms with Gasteiger partial charge >= 0.3 is 0 Å². The van der Waals surface area contributed by atoms with Gasteiger partial charge in [0.2, 0.25) is 24.4 Å². The summed E-state index contributed by atoms with van der Waals surface area (Å²) >= 11 is 0. The zero-order valence-corrected chi connectivity index (χ0v) is 19.0. The third-order valence-corrected chi connectivity index (χ3v) is 6.24. The molecule has 3 amide bonds. The van der Waals surface area contributed by atoms with Gasteiger partial charge in [-0.15, -0.1) is 0 Å². The third-order valence-electron chi connectivity index (χ3n) is 6.24. The lowest BCUT2D eigenvalue weighted by molar-refractivity contribution is -0.122. The normalized spacial score (nSPS) is 16.4. The van der Waals surface area contributed by atoms with Crippen molar-refractivity contribution in [1.82, 2.24) is 0 Å². The maximum atomic E-state index is 13.2. The molecule has 2 aliphatic heterocycles. The number of ether oxygens (including phenoxy) is 2. The molecule has 0 radical (unpaired) electrons. The Morgan fingerprint density at radius 3 is 2.53 bits per heavy atom. The zero-order chi connectivity index (χ0) is 24.6. The molecular weight excluding hydrogens is 462 g/mol. The summed E-state index contributed by atoms with van der Waals surface area (Å²) in [6.07, 6.45) is 0.0786. The molecule has 0 bridgehead atoms. The SMILES string of the molecule is O=C(Nc1ccc2c(c1)OCO2)c1oc2ccccc2c1NC(=O)C1CC(=O)N(c2ccccc2)C1. The van der Waals surface area contributed by atoms with E-state index >= 15 is 0 Å². The summed E-state index contributed by atoms with van der Waals surface area (Å²) in [5, 5.41) is 6.23. The van der Waals surface area contributed by atoms with Crippen LogP contribution in [0.2, 0.25) is 0 Å². The number of fused-ring (bicyclic) bond motifs is 2. The minimum atomic E-state index is -0.573. The molecule has 9 nitrogen and oxygen atoms in total. The molecule has 2 N–H and O–H groups in total. The minimum absolute atomic E-state index is 0.0357. The summed E-state index contributed by atoms with van der Waals surface area (Å²) in [6.45, 7) is 0.376. The minimum Gasteiger partial charge on any atom is -0.454 e. The first kappa shape index (κ1) is 21.7. The zero-order valence-electron chi connectivity index (χ0n) is 19.0. The van der Waals surface area contributed by atoms with Gasteiger partial charge in [0.1, 0.15) is 11.3 Å². The molecule has 4 aromatic rings. The Hall–Kier alpha value is -4.79. The fourth-order valence-corrected chi connectivity index (χ4v) is 4.46. The number of nitrogens with one attached hydrogen (secondary N) is 2. The van der Waals surface area contributed by atoms with E-state index in [1.165, 1.54) is 0 Å². The maximum absolute atomic E-state index is 13.2. The van der Waals surface area contributed by atoms with Crippen LogP contribution in [0, 0.1) is 5.92 Å². The van der Waals surface area contributed by atoms with Gasteiger partial charge < -0.3 is 29.4 Å². The number of rotatable bonds is 5. The molecule has 1 unspecified atom stereocenters. The molecule has 180 valence electrons. The first-order valence-electron chi connectivity index (χ1n) is 11.5. The molecule has 0 saturated carbocycles. The van der Waals surface area contributed by atoms with Crippen LogP contribution in [-0.4, -0.2) is 31.1 Å². The number of hydrogen-bond donors (Lipinski definition) is 2. The summed E-state index contributed by atoms with van der Waals surface area (Å²) in [4.78, 5) is 40.7. The highest BCUT2D eigenvalue weighted by atomic mass is 16.7. The summed E-state index contributed by atoms with van der Waals surface area (Å²) in [6, 6.07) is 21.3. The number of anilines is 3. The number of carbonyl (C=O) groups is 3. The quantitative estimate of drug-likeness (QED) is 0.435. The highest BCUT2D eigenvalue weighted by molar-refractivity contribution is 6.15. The molecule has 1 saturated heterocycles. The second kappa shape index (κ2) is 8.77. The highest BCUT2D eigenvalue weighted by Crippen LogP contribution is 2.36. The second-order valence-corrected chi connectivity index (χ2v) is 8.55. The monoisotopic (exact) mass is 483 g/mol. The largest absolute Gasteiger partial charge is 0.454 e. The first-order chi connectivity index (χ1) is 17.6. The van der Waals surface area contributed by atoms with Crippen molar-refractivity contribution in [1.29, 1.82) is 0 Å². The first-order valence-corrected chi connectivity index (χ1v) is 11.5. The summed E-state index contributed by atoms with van der Waals surface area (Å²) in [5.74, 6) is -0.499. The van der Waals surface area contributed by atoms with Gasteiger partial charge in [-0.05, 0) is 36.4 Å². The van der Waals surface area contributed by atoms with Gasteiger partial charge in [-0.3, -0.25) is 14.4 Å². The van der Waals surface area contributed by atoms with Crippen molar-refractivity contribution in [3.63, 3.8) is 0 Å². The van der Waals surface area contributed by atoms with E-state index in [1.807, 2.05) is 30.3 Å². The Bertz CT molecular complexity index is 1500. The van der Waals surface area contributed by atoms with Crippen molar-refractivity contribution in [2.75, 3.05) is 28.9 Å². The van der Waals surface area contributed by atoms with E-state index in [0.29, 0.717) is 28.2 Å². The van der Waals surface area contributed by atoms with E-state index in [4.69, 9.17) is 13.9 Å². The standard InChI is InChI=1S/C27H21N3O6/c31-23-12-16(14-30(23)18-6-2-1-3-7-18)26(32)29-24-19-8-4-5-9-20(19)36-25(24)27(33)28-17-10-11-21-22(13-17)35-15-34-21/h1-11,13,16H,12,14-15H2,(H,28,33)(H,29,32).